The lowest BCUT2D eigenvalue weighted by Gasteiger charge is -2.31. The SMILES string of the molecule is CC/C=C(\C)C(=O)NC1CCN(C(=O)OCC)CC1. The molecule has 1 aliphatic rings. The summed E-state index contributed by atoms with van der Waals surface area (Å²) in [5.74, 6) is -0.00330. The van der Waals surface area contributed by atoms with Crippen molar-refractivity contribution in [1.82, 2.24) is 10.2 Å². The van der Waals surface area contributed by atoms with E-state index in [1.807, 2.05) is 19.9 Å². The third-order valence-electron chi connectivity index (χ3n) is 3.22. The maximum Gasteiger partial charge on any atom is 0.409 e. The fourth-order valence-corrected chi connectivity index (χ4v) is 2.12. The molecule has 0 spiro atoms. The molecule has 0 saturated carbocycles. The number of amides is 2. The van der Waals surface area contributed by atoms with Crippen LogP contribution in [0, 0.1) is 0 Å². The van der Waals surface area contributed by atoms with E-state index in [4.69, 9.17) is 4.74 Å². The lowest BCUT2D eigenvalue weighted by molar-refractivity contribution is -0.118. The van der Waals surface area contributed by atoms with E-state index < -0.39 is 0 Å². The van der Waals surface area contributed by atoms with Crippen molar-refractivity contribution in [3.8, 4) is 0 Å². The molecule has 1 heterocycles. The van der Waals surface area contributed by atoms with Gasteiger partial charge in [0.05, 0.1) is 6.61 Å². The van der Waals surface area contributed by atoms with Gasteiger partial charge in [-0.1, -0.05) is 13.0 Å². The number of allylic oxidation sites excluding steroid dienone is 1. The van der Waals surface area contributed by atoms with Crippen LogP contribution in [-0.4, -0.2) is 42.6 Å². The molecule has 0 aromatic rings. The molecule has 2 amide bonds. The Morgan fingerprint density at radius 3 is 2.47 bits per heavy atom. The molecule has 19 heavy (non-hydrogen) atoms. The van der Waals surface area contributed by atoms with E-state index in [1.54, 1.807) is 11.8 Å². The van der Waals surface area contributed by atoms with E-state index in [0.717, 1.165) is 24.8 Å². The zero-order valence-corrected chi connectivity index (χ0v) is 12.1. The largest absolute Gasteiger partial charge is 0.450 e. The molecule has 0 radical (unpaired) electrons. The van der Waals surface area contributed by atoms with Crippen LogP contribution < -0.4 is 5.32 Å². The average Bonchev–Trinajstić information content (AvgIpc) is 2.40. The van der Waals surface area contributed by atoms with Crippen LogP contribution in [-0.2, 0) is 9.53 Å². The summed E-state index contributed by atoms with van der Waals surface area (Å²) in [5.41, 5.74) is 0.760. The van der Waals surface area contributed by atoms with Crippen molar-refractivity contribution in [3.63, 3.8) is 0 Å². The van der Waals surface area contributed by atoms with E-state index in [-0.39, 0.29) is 18.0 Å². The highest BCUT2D eigenvalue weighted by Crippen LogP contribution is 2.12. The van der Waals surface area contributed by atoms with Gasteiger partial charge in [-0.05, 0) is 33.1 Å². The number of nitrogens with one attached hydrogen (secondary N) is 1. The van der Waals surface area contributed by atoms with Crippen molar-refractivity contribution in [2.75, 3.05) is 19.7 Å². The Hall–Kier alpha value is -1.52. The van der Waals surface area contributed by atoms with E-state index >= 15 is 0 Å². The van der Waals surface area contributed by atoms with Gasteiger partial charge in [0.25, 0.3) is 0 Å². The van der Waals surface area contributed by atoms with E-state index in [0.29, 0.717) is 19.7 Å². The van der Waals surface area contributed by atoms with Gasteiger partial charge in [0.1, 0.15) is 0 Å². The molecule has 1 rings (SSSR count). The highest BCUT2D eigenvalue weighted by molar-refractivity contribution is 5.92. The normalized spacial score (nSPS) is 17.2. The first-order chi connectivity index (χ1) is 9.08. The minimum atomic E-state index is -0.255. The number of carbonyl (C=O) groups is 2. The molecule has 1 aliphatic heterocycles. The van der Waals surface area contributed by atoms with Gasteiger partial charge in [-0.2, -0.15) is 0 Å². The van der Waals surface area contributed by atoms with Crippen LogP contribution in [0.1, 0.15) is 40.0 Å². The van der Waals surface area contributed by atoms with Gasteiger partial charge >= 0.3 is 6.09 Å². The van der Waals surface area contributed by atoms with Gasteiger partial charge in [0.2, 0.25) is 5.91 Å². The molecule has 1 N–H and O–H groups in total. The van der Waals surface area contributed by atoms with E-state index in [9.17, 15) is 9.59 Å². The first-order valence-electron chi connectivity index (χ1n) is 6.97. The number of ether oxygens (including phenoxy) is 1. The minimum absolute atomic E-state index is 0.00330. The van der Waals surface area contributed by atoms with Crippen LogP contribution >= 0.6 is 0 Å². The maximum atomic E-state index is 11.8. The van der Waals surface area contributed by atoms with E-state index in [1.165, 1.54) is 0 Å². The molecule has 1 saturated heterocycles. The zero-order valence-electron chi connectivity index (χ0n) is 12.1. The van der Waals surface area contributed by atoms with Gasteiger partial charge in [-0.3, -0.25) is 4.79 Å². The third kappa shape index (κ3) is 4.93. The second-order valence-corrected chi connectivity index (χ2v) is 4.73. The lowest BCUT2D eigenvalue weighted by atomic mass is 10.0. The van der Waals surface area contributed by atoms with Gasteiger partial charge < -0.3 is 15.0 Å². The van der Waals surface area contributed by atoms with Gasteiger partial charge in [0.15, 0.2) is 0 Å². The first-order valence-corrected chi connectivity index (χ1v) is 6.97. The predicted octanol–water partition coefficient (Wildman–Crippen LogP) is 2.08. The molecule has 108 valence electrons. The van der Waals surface area contributed by atoms with Crippen LogP contribution in [0.25, 0.3) is 0 Å². The molecule has 5 heteroatoms. The van der Waals surface area contributed by atoms with Crippen LogP contribution in [0.5, 0.6) is 0 Å². The van der Waals surface area contributed by atoms with Crippen LogP contribution in [0.3, 0.4) is 0 Å². The van der Waals surface area contributed by atoms with Crippen molar-refractivity contribution < 1.29 is 14.3 Å². The fraction of sp³-hybridized carbons (Fsp3) is 0.714. The molecule has 1 fully saturated rings. The maximum absolute atomic E-state index is 11.8. The topological polar surface area (TPSA) is 58.6 Å². The number of carbonyl (C=O) groups excluding carboxylic acids is 2. The van der Waals surface area contributed by atoms with Crippen molar-refractivity contribution in [1.29, 1.82) is 0 Å². The Bertz CT molecular complexity index is 345. The molecule has 0 aliphatic carbocycles. The average molecular weight is 268 g/mol. The van der Waals surface area contributed by atoms with Gasteiger partial charge in [-0.15, -0.1) is 0 Å². The highest BCUT2D eigenvalue weighted by Gasteiger charge is 2.24. The van der Waals surface area contributed by atoms with Crippen molar-refractivity contribution >= 4 is 12.0 Å². The van der Waals surface area contributed by atoms with Gasteiger partial charge in [-0.25, -0.2) is 4.79 Å². The third-order valence-corrected chi connectivity index (χ3v) is 3.22. The molecular weight excluding hydrogens is 244 g/mol. The first kappa shape index (κ1) is 15.5. The molecule has 0 aromatic carbocycles. The number of hydrogen-bond donors (Lipinski definition) is 1. The van der Waals surface area contributed by atoms with Crippen LogP contribution in [0.2, 0.25) is 0 Å². The number of nitrogens with zero attached hydrogens (tertiary/aromatic N) is 1. The summed E-state index contributed by atoms with van der Waals surface area (Å²) >= 11 is 0. The molecule has 0 atom stereocenters. The molecule has 0 unspecified atom stereocenters. The summed E-state index contributed by atoms with van der Waals surface area (Å²) < 4.78 is 4.96. The van der Waals surface area contributed by atoms with Crippen LogP contribution in [0.4, 0.5) is 4.79 Å². The van der Waals surface area contributed by atoms with Crippen molar-refractivity contribution in [2.45, 2.75) is 46.1 Å². The summed E-state index contributed by atoms with van der Waals surface area (Å²) in [6.45, 7) is 7.31. The van der Waals surface area contributed by atoms with Crippen molar-refractivity contribution in [2.24, 2.45) is 0 Å². The number of rotatable bonds is 4. The van der Waals surface area contributed by atoms with Crippen molar-refractivity contribution in [3.05, 3.63) is 11.6 Å². The Balaban J connectivity index is 2.36. The van der Waals surface area contributed by atoms with Gasteiger partial charge in [0, 0.05) is 24.7 Å². The minimum Gasteiger partial charge on any atom is -0.450 e. The molecular formula is C14H24N2O3. The molecule has 0 aromatic heterocycles. The second kappa shape index (κ2) is 7.81. The van der Waals surface area contributed by atoms with E-state index in [2.05, 4.69) is 5.32 Å². The number of piperidine rings is 1. The quantitative estimate of drug-likeness (QED) is 0.794. The fourth-order valence-electron chi connectivity index (χ4n) is 2.12. The molecule has 5 nitrogen and oxygen atoms in total. The summed E-state index contributed by atoms with van der Waals surface area (Å²) in [4.78, 5) is 25.1. The summed E-state index contributed by atoms with van der Waals surface area (Å²) in [6, 6.07) is 0.151. The Morgan fingerprint density at radius 1 is 1.32 bits per heavy atom. The lowest BCUT2D eigenvalue weighted by Crippen LogP contribution is -2.46. The summed E-state index contributed by atoms with van der Waals surface area (Å²) in [7, 11) is 0. The van der Waals surface area contributed by atoms with Crippen LogP contribution in [0.15, 0.2) is 11.6 Å². The predicted molar refractivity (Wildman–Crippen MR) is 73.8 cm³/mol. The zero-order chi connectivity index (χ0) is 14.3. The Labute approximate surface area is 115 Å². The highest BCUT2D eigenvalue weighted by atomic mass is 16.6. The Kier molecular flexibility index (Phi) is 6.39. The monoisotopic (exact) mass is 268 g/mol. The summed E-state index contributed by atoms with van der Waals surface area (Å²) in [6.07, 6.45) is 4.09. The Morgan fingerprint density at radius 2 is 1.95 bits per heavy atom. The molecule has 0 bridgehead atoms. The number of hydrogen-bond acceptors (Lipinski definition) is 3. The standard InChI is InChI=1S/C14H24N2O3/c1-4-6-11(3)13(17)15-12-7-9-16(10-8-12)14(18)19-5-2/h6,12H,4-5,7-10H2,1-3H3,(H,15,17)/b11-6+. The second-order valence-electron chi connectivity index (χ2n) is 4.73. The summed E-state index contributed by atoms with van der Waals surface area (Å²) in [5, 5.41) is 3.01. The number of likely N-dealkylation sites (tertiary alicyclic amines) is 1. The smallest absolute Gasteiger partial charge is 0.409 e.